The number of nitrogens with zero attached hydrogens (tertiary/aromatic N) is 5. The molecule has 0 radical (unpaired) electrons. The first-order valence-corrected chi connectivity index (χ1v) is 5.15. The molecular formula is C11H13N5O. The minimum Gasteiger partial charge on any atom is -0.383 e. The second kappa shape index (κ2) is 7.15. The normalized spacial score (nSPS) is 9.35. The van der Waals surface area contributed by atoms with E-state index in [1.165, 1.54) is 6.20 Å². The molecule has 0 saturated carbocycles. The van der Waals surface area contributed by atoms with Gasteiger partial charge in [-0.2, -0.15) is 10.5 Å². The lowest BCUT2D eigenvalue weighted by atomic mass is 10.4. The van der Waals surface area contributed by atoms with Gasteiger partial charge in [0.25, 0.3) is 0 Å². The van der Waals surface area contributed by atoms with Gasteiger partial charge in [0.15, 0.2) is 0 Å². The van der Waals surface area contributed by atoms with Gasteiger partial charge in [-0.15, -0.1) is 0 Å². The molecule has 0 unspecified atom stereocenters. The van der Waals surface area contributed by atoms with Crippen LogP contribution in [0.3, 0.4) is 0 Å². The molecule has 1 heterocycles. The van der Waals surface area contributed by atoms with Crippen LogP contribution in [0.1, 0.15) is 12.1 Å². The molecule has 0 fully saturated rings. The second-order valence-corrected chi connectivity index (χ2v) is 3.24. The number of methoxy groups -OCH3 is 1. The van der Waals surface area contributed by atoms with E-state index in [9.17, 15) is 0 Å². The molecule has 0 aliphatic heterocycles. The Morgan fingerprint density at radius 2 is 2.24 bits per heavy atom. The number of anilines is 1. The van der Waals surface area contributed by atoms with Crippen LogP contribution in [0.2, 0.25) is 0 Å². The lowest BCUT2D eigenvalue weighted by Crippen LogP contribution is -2.30. The van der Waals surface area contributed by atoms with Gasteiger partial charge in [-0.05, 0) is 6.07 Å². The zero-order chi connectivity index (χ0) is 12.5. The fourth-order valence-corrected chi connectivity index (χ4v) is 1.26. The number of aromatic nitrogens is 2. The Bertz CT molecular complexity index is 434. The third kappa shape index (κ3) is 4.06. The maximum Gasteiger partial charge on any atom is 0.226 e. The van der Waals surface area contributed by atoms with Crippen LogP contribution in [0, 0.1) is 22.7 Å². The summed E-state index contributed by atoms with van der Waals surface area (Å²) in [4.78, 5) is 10.0. The van der Waals surface area contributed by atoms with Gasteiger partial charge < -0.3 is 9.64 Å². The molecule has 1 aromatic rings. The predicted molar refractivity (Wildman–Crippen MR) is 61.1 cm³/mol. The summed E-state index contributed by atoms with van der Waals surface area (Å²) in [6.45, 7) is 1.63. The lowest BCUT2D eigenvalue weighted by molar-refractivity contribution is 0.205. The fourth-order valence-electron chi connectivity index (χ4n) is 1.26. The molecule has 0 spiro atoms. The maximum absolute atomic E-state index is 8.76. The van der Waals surface area contributed by atoms with Crippen molar-refractivity contribution in [1.82, 2.24) is 9.97 Å². The first-order chi connectivity index (χ1) is 8.31. The van der Waals surface area contributed by atoms with Crippen molar-refractivity contribution in [2.75, 3.05) is 31.7 Å². The highest BCUT2D eigenvalue weighted by Crippen LogP contribution is 2.07. The summed E-state index contributed by atoms with van der Waals surface area (Å²) in [5.74, 6) is 0.455. The number of rotatable bonds is 6. The molecule has 88 valence electrons. The van der Waals surface area contributed by atoms with Crippen LogP contribution in [0.15, 0.2) is 12.3 Å². The summed E-state index contributed by atoms with van der Waals surface area (Å²) in [5.41, 5.74) is 0.314. The molecular weight excluding hydrogens is 218 g/mol. The zero-order valence-corrected chi connectivity index (χ0v) is 9.63. The molecule has 6 heteroatoms. The third-order valence-corrected chi connectivity index (χ3v) is 2.10. The predicted octanol–water partition coefficient (Wildman–Crippen LogP) is 0.715. The fraction of sp³-hybridized carbons (Fsp3) is 0.455. The van der Waals surface area contributed by atoms with Crippen molar-refractivity contribution in [3.05, 3.63) is 18.0 Å². The van der Waals surface area contributed by atoms with Crippen molar-refractivity contribution in [1.29, 1.82) is 10.5 Å². The van der Waals surface area contributed by atoms with Crippen LogP contribution in [0.4, 0.5) is 5.95 Å². The van der Waals surface area contributed by atoms with Gasteiger partial charge in [0.05, 0.1) is 19.1 Å². The van der Waals surface area contributed by atoms with Gasteiger partial charge in [0.1, 0.15) is 11.8 Å². The Labute approximate surface area is 100 Å². The summed E-state index contributed by atoms with van der Waals surface area (Å²) in [7, 11) is 1.61. The third-order valence-electron chi connectivity index (χ3n) is 2.10. The molecule has 0 aromatic carbocycles. The van der Waals surface area contributed by atoms with E-state index >= 15 is 0 Å². The summed E-state index contributed by atoms with van der Waals surface area (Å²) >= 11 is 0. The summed E-state index contributed by atoms with van der Waals surface area (Å²) in [5, 5.41) is 17.3. The van der Waals surface area contributed by atoms with Crippen LogP contribution >= 0.6 is 0 Å². The van der Waals surface area contributed by atoms with Gasteiger partial charge in [-0.1, -0.05) is 0 Å². The highest BCUT2D eigenvalue weighted by molar-refractivity contribution is 5.33. The molecule has 0 N–H and O–H groups in total. The van der Waals surface area contributed by atoms with Crippen LogP contribution < -0.4 is 4.90 Å². The van der Waals surface area contributed by atoms with E-state index in [1.807, 2.05) is 11.0 Å². The van der Waals surface area contributed by atoms with E-state index in [0.717, 1.165) is 0 Å². The van der Waals surface area contributed by atoms with E-state index < -0.39 is 0 Å². The average molecular weight is 231 g/mol. The lowest BCUT2D eigenvalue weighted by Gasteiger charge is -2.20. The van der Waals surface area contributed by atoms with Crippen LogP contribution in [0.25, 0.3) is 0 Å². The summed E-state index contributed by atoms with van der Waals surface area (Å²) in [6, 6.07) is 5.57. The van der Waals surface area contributed by atoms with Gasteiger partial charge in [0, 0.05) is 26.4 Å². The van der Waals surface area contributed by atoms with Crippen molar-refractivity contribution in [3.8, 4) is 12.1 Å². The van der Waals surface area contributed by atoms with Gasteiger partial charge >= 0.3 is 0 Å². The summed E-state index contributed by atoms with van der Waals surface area (Å²) in [6.07, 6.45) is 1.91. The smallest absolute Gasteiger partial charge is 0.226 e. The van der Waals surface area contributed by atoms with Gasteiger partial charge in [-0.25, -0.2) is 9.97 Å². The Balaban J connectivity index is 2.80. The minimum absolute atomic E-state index is 0.314. The number of hydrogen-bond donors (Lipinski definition) is 0. The molecule has 17 heavy (non-hydrogen) atoms. The molecule has 0 atom stereocenters. The average Bonchev–Trinajstić information content (AvgIpc) is 2.39. The van der Waals surface area contributed by atoms with Crippen LogP contribution in [-0.2, 0) is 4.74 Å². The van der Waals surface area contributed by atoms with Crippen LogP contribution in [0.5, 0.6) is 0 Å². The van der Waals surface area contributed by atoms with E-state index in [0.29, 0.717) is 37.8 Å². The number of hydrogen-bond acceptors (Lipinski definition) is 6. The van der Waals surface area contributed by atoms with E-state index in [4.69, 9.17) is 15.3 Å². The molecule has 1 aromatic heterocycles. The standard InChI is InChI=1S/C11H13N5O/c1-17-8-7-16(6-2-4-12)11-14-5-3-10(9-13)15-11/h3,5H,2,6-8H2,1H3. The first kappa shape index (κ1) is 12.9. The highest BCUT2D eigenvalue weighted by atomic mass is 16.5. The monoisotopic (exact) mass is 231 g/mol. The topological polar surface area (TPSA) is 85.8 Å². The Hall–Kier alpha value is -2.18. The second-order valence-electron chi connectivity index (χ2n) is 3.24. The largest absolute Gasteiger partial charge is 0.383 e. The quantitative estimate of drug-likeness (QED) is 0.716. The summed E-state index contributed by atoms with van der Waals surface area (Å²) < 4.78 is 4.99. The first-order valence-electron chi connectivity index (χ1n) is 5.15. The number of nitriles is 2. The maximum atomic E-state index is 8.76. The number of ether oxygens (including phenoxy) is 1. The molecule has 6 nitrogen and oxygen atoms in total. The zero-order valence-electron chi connectivity index (χ0n) is 9.63. The molecule has 0 aliphatic rings. The molecule has 1 rings (SSSR count). The molecule has 0 amide bonds. The van der Waals surface area contributed by atoms with Crippen molar-refractivity contribution in [3.63, 3.8) is 0 Å². The Kier molecular flexibility index (Phi) is 5.42. The van der Waals surface area contributed by atoms with E-state index in [2.05, 4.69) is 16.0 Å². The van der Waals surface area contributed by atoms with Crippen molar-refractivity contribution >= 4 is 5.95 Å². The van der Waals surface area contributed by atoms with Crippen molar-refractivity contribution in [2.45, 2.75) is 6.42 Å². The minimum atomic E-state index is 0.314. The van der Waals surface area contributed by atoms with E-state index in [-0.39, 0.29) is 0 Å². The van der Waals surface area contributed by atoms with E-state index in [1.54, 1.807) is 13.2 Å². The Morgan fingerprint density at radius 3 is 2.88 bits per heavy atom. The SMILES string of the molecule is COCCN(CCC#N)c1nccc(C#N)n1. The molecule has 0 aliphatic carbocycles. The van der Waals surface area contributed by atoms with Gasteiger partial charge in [-0.3, -0.25) is 0 Å². The van der Waals surface area contributed by atoms with Crippen molar-refractivity contribution < 1.29 is 4.74 Å². The van der Waals surface area contributed by atoms with Crippen LogP contribution in [-0.4, -0.2) is 36.8 Å². The van der Waals surface area contributed by atoms with Crippen molar-refractivity contribution in [2.24, 2.45) is 0 Å². The molecule has 0 saturated heterocycles. The highest BCUT2D eigenvalue weighted by Gasteiger charge is 2.09. The Morgan fingerprint density at radius 1 is 1.41 bits per heavy atom. The van der Waals surface area contributed by atoms with Gasteiger partial charge in [0.2, 0.25) is 5.95 Å². The molecule has 0 bridgehead atoms.